The Balaban J connectivity index is 1.44. The van der Waals surface area contributed by atoms with Gasteiger partial charge >= 0.3 is 0 Å². The van der Waals surface area contributed by atoms with Crippen LogP contribution in [0, 0.1) is 0 Å². The van der Waals surface area contributed by atoms with E-state index in [9.17, 15) is 4.79 Å². The summed E-state index contributed by atoms with van der Waals surface area (Å²) in [5.41, 5.74) is 1.49. The van der Waals surface area contributed by atoms with Gasteiger partial charge in [0.2, 0.25) is 5.75 Å². The molecule has 0 saturated heterocycles. The number of hydrogen-bond acceptors (Lipinski definition) is 6. The van der Waals surface area contributed by atoms with E-state index in [1.54, 1.807) is 38.5 Å². The lowest BCUT2D eigenvalue weighted by molar-refractivity contribution is 0.0728. The molecule has 162 valence electrons. The van der Waals surface area contributed by atoms with Gasteiger partial charge in [-0.15, -0.1) is 11.3 Å². The van der Waals surface area contributed by atoms with Gasteiger partial charge in [-0.3, -0.25) is 4.79 Å². The molecule has 0 atom stereocenters. The van der Waals surface area contributed by atoms with Crippen molar-refractivity contribution >= 4 is 28.8 Å². The number of nitrogens with zero attached hydrogens (tertiary/aromatic N) is 2. The second kappa shape index (κ2) is 9.58. The van der Waals surface area contributed by atoms with Crippen LogP contribution in [0.2, 0.25) is 5.02 Å². The number of benzene rings is 2. The Kier molecular flexibility index (Phi) is 6.63. The second-order valence-electron chi connectivity index (χ2n) is 7.18. The number of carbonyl (C=O) groups is 1. The van der Waals surface area contributed by atoms with Crippen LogP contribution in [0.15, 0.2) is 47.8 Å². The van der Waals surface area contributed by atoms with Gasteiger partial charge in [0.15, 0.2) is 11.5 Å². The highest BCUT2D eigenvalue weighted by Gasteiger charge is 2.33. The number of rotatable bonds is 9. The molecule has 6 nitrogen and oxygen atoms in total. The zero-order valence-corrected chi connectivity index (χ0v) is 18.9. The number of hydrogen-bond donors (Lipinski definition) is 0. The van der Waals surface area contributed by atoms with Crippen LogP contribution in [-0.2, 0) is 13.2 Å². The fourth-order valence-electron chi connectivity index (χ4n) is 3.27. The summed E-state index contributed by atoms with van der Waals surface area (Å²) in [6.07, 6.45) is 2.04. The third kappa shape index (κ3) is 5.11. The lowest BCUT2D eigenvalue weighted by Crippen LogP contribution is -2.32. The molecule has 0 radical (unpaired) electrons. The van der Waals surface area contributed by atoms with Crippen LogP contribution in [0.5, 0.6) is 17.2 Å². The number of thiazole rings is 1. The largest absolute Gasteiger partial charge is 0.493 e. The van der Waals surface area contributed by atoms with E-state index in [1.807, 2.05) is 28.5 Å². The van der Waals surface area contributed by atoms with Gasteiger partial charge in [0.1, 0.15) is 11.6 Å². The maximum Gasteiger partial charge on any atom is 0.254 e. The van der Waals surface area contributed by atoms with E-state index >= 15 is 0 Å². The van der Waals surface area contributed by atoms with E-state index in [0.29, 0.717) is 34.4 Å². The summed E-state index contributed by atoms with van der Waals surface area (Å²) in [6.45, 7) is 0.760. The number of amides is 1. The van der Waals surface area contributed by atoms with Gasteiger partial charge in [-0.05, 0) is 49.2 Å². The van der Waals surface area contributed by atoms with Crippen molar-refractivity contribution in [3.05, 3.63) is 69.1 Å². The number of aromatic nitrogens is 1. The number of carbonyl (C=O) groups excluding carboxylic acids is 1. The van der Waals surface area contributed by atoms with Crippen molar-refractivity contribution in [1.82, 2.24) is 9.88 Å². The fourth-order valence-corrected chi connectivity index (χ4v) is 4.09. The fraction of sp³-hybridized carbons (Fsp3) is 0.304. The lowest BCUT2D eigenvalue weighted by Gasteiger charge is -2.21. The number of ether oxygens (including phenoxy) is 3. The maximum absolute atomic E-state index is 13.0. The highest BCUT2D eigenvalue weighted by molar-refractivity contribution is 7.09. The molecule has 1 heterocycles. The highest BCUT2D eigenvalue weighted by atomic mass is 35.5. The molecule has 0 aliphatic heterocycles. The van der Waals surface area contributed by atoms with Crippen LogP contribution in [0.4, 0.5) is 0 Å². The summed E-state index contributed by atoms with van der Waals surface area (Å²) < 4.78 is 16.7. The topological polar surface area (TPSA) is 60.9 Å². The molecular formula is C23H23ClN2O4S. The number of para-hydroxylation sites is 1. The third-order valence-corrected chi connectivity index (χ3v) is 6.12. The van der Waals surface area contributed by atoms with Crippen LogP contribution in [0.25, 0.3) is 0 Å². The number of halogens is 1. The predicted molar refractivity (Wildman–Crippen MR) is 120 cm³/mol. The molecule has 1 amide bonds. The van der Waals surface area contributed by atoms with Gasteiger partial charge in [-0.2, -0.15) is 0 Å². The monoisotopic (exact) mass is 458 g/mol. The smallest absolute Gasteiger partial charge is 0.254 e. The Morgan fingerprint density at radius 2 is 1.81 bits per heavy atom. The summed E-state index contributed by atoms with van der Waals surface area (Å²) in [5, 5.41) is 3.41. The van der Waals surface area contributed by atoms with Crippen LogP contribution in [0.3, 0.4) is 0 Å². The summed E-state index contributed by atoms with van der Waals surface area (Å²) in [7, 11) is 3.18. The third-order valence-electron chi connectivity index (χ3n) is 4.99. The quantitative estimate of drug-likeness (QED) is 0.441. The molecule has 8 heteroatoms. The maximum atomic E-state index is 13.0. The van der Waals surface area contributed by atoms with Crippen LogP contribution in [-0.4, -0.2) is 36.1 Å². The molecule has 1 aromatic heterocycles. The van der Waals surface area contributed by atoms with Crippen molar-refractivity contribution in [2.75, 3.05) is 14.2 Å². The molecule has 2 aromatic carbocycles. The van der Waals surface area contributed by atoms with Gasteiger partial charge in [0.05, 0.1) is 26.5 Å². The average molecular weight is 459 g/mol. The molecule has 0 N–H and O–H groups in total. The molecular weight excluding hydrogens is 436 g/mol. The molecule has 3 aromatic rings. The van der Waals surface area contributed by atoms with Gasteiger partial charge in [-0.1, -0.05) is 17.7 Å². The minimum absolute atomic E-state index is 0.00345. The van der Waals surface area contributed by atoms with E-state index in [2.05, 4.69) is 4.98 Å². The Bertz CT molecular complexity index is 1030. The summed E-state index contributed by atoms with van der Waals surface area (Å²) in [4.78, 5) is 19.6. The first kappa shape index (κ1) is 21.5. The van der Waals surface area contributed by atoms with Crippen molar-refractivity contribution in [1.29, 1.82) is 0 Å². The molecule has 1 fully saturated rings. The molecule has 4 rings (SSSR count). The SMILES string of the molecule is COc1cccc(OC)c1OCc1nc(CN(C(=O)c2ccc(Cl)cc2)C2CC2)cs1. The summed E-state index contributed by atoms with van der Waals surface area (Å²) >= 11 is 7.46. The zero-order chi connectivity index (χ0) is 21.8. The molecule has 1 aliphatic rings. The summed E-state index contributed by atoms with van der Waals surface area (Å²) in [5.74, 6) is 1.75. The Hall–Kier alpha value is -2.77. The standard InChI is InChI=1S/C23H23ClN2O4S/c1-28-19-4-3-5-20(29-2)22(19)30-13-21-25-17(14-31-21)12-26(18-10-11-18)23(27)15-6-8-16(24)9-7-15/h3-9,14,18H,10-13H2,1-2H3. The molecule has 1 saturated carbocycles. The van der Waals surface area contributed by atoms with Crippen molar-refractivity contribution in [2.45, 2.75) is 32.0 Å². The lowest BCUT2D eigenvalue weighted by atomic mass is 10.2. The van der Waals surface area contributed by atoms with Gasteiger partial charge in [0, 0.05) is 22.0 Å². The number of methoxy groups -OCH3 is 2. The van der Waals surface area contributed by atoms with Crippen LogP contribution in [0.1, 0.15) is 33.9 Å². The molecule has 1 aliphatic carbocycles. The molecule has 0 unspecified atom stereocenters. The van der Waals surface area contributed by atoms with Crippen molar-refractivity contribution in [3.63, 3.8) is 0 Å². The van der Waals surface area contributed by atoms with Gasteiger partial charge < -0.3 is 19.1 Å². The Morgan fingerprint density at radius 1 is 1.13 bits per heavy atom. The van der Waals surface area contributed by atoms with Crippen LogP contribution >= 0.6 is 22.9 Å². The Labute approximate surface area is 190 Å². The van der Waals surface area contributed by atoms with Crippen LogP contribution < -0.4 is 14.2 Å². The first-order chi connectivity index (χ1) is 15.1. The second-order valence-corrected chi connectivity index (χ2v) is 8.56. The van der Waals surface area contributed by atoms with E-state index in [-0.39, 0.29) is 18.6 Å². The molecule has 0 bridgehead atoms. The normalized spacial score (nSPS) is 13.0. The average Bonchev–Trinajstić information content (AvgIpc) is 3.54. The minimum Gasteiger partial charge on any atom is -0.493 e. The Morgan fingerprint density at radius 3 is 2.42 bits per heavy atom. The van der Waals surface area contributed by atoms with E-state index < -0.39 is 0 Å². The van der Waals surface area contributed by atoms with E-state index in [1.165, 1.54) is 11.3 Å². The van der Waals surface area contributed by atoms with Crippen molar-refractivity contribution in [3.8, 4) is 17.2 Å². The van der Waals surface area contributed by atoms with E-state index in [4.69, 9.17) is 25.8 Å². The minimum atomic E-state index is 0.00345. The van der Waals surface area contributed by atoms with Gasteiger partial charge in [-0.25, -0.2) is 4.98 Å². The first-order valence-corrected chi connectivity index (χ1v) is 11.2. The zero-order valence-electron chi connectivity index (χ0n) is 17.3. The molecule has 0 spiro atoms. The van der Waals surface area contributed by atoms with Gasteiger partial charge in [0.25, 0.3) is 5.91 Å². The molecule has 31 heavy (non-hydrogen) atoms. The van der Waals surface area contributed by atoms with E-state index in [0.717, 1.165) is 23.5 Å². The van der Waals surface area contributed by atoms with Crippen molar-refractivity contribution < 1.29 is 19.0 Å². The first-order valence-electron chi connectivity index (χ1n) is 9.92. The predicted octanol–water partition coefficient (Wildman–Crippen LogP) is 5.20. The highest BCUT2D eigenvalue weighted by Crippen LogP contribution is 2.37. The summed E-state index contributed by atoms with van der Waals surface area (Å²) in [6, 6.07) is 12.8. The van der Waals surface area contributed by atoms with Crippen molar-refractivity contribution in [2.24, 2.45) is 0 Å².